The number of phenolic OH excluding ortho intramolecular Hbond substituents is 1. The van der Waals surface area contributed by atoms with Crippen LogP contribution >= 0.6 is 0 Å². The number of hydrogen-bond acceptors (Lipinski definition) is 3. The van der Waals surface area contributed by atoms with Gasteiger partial charge in [0, 0.05) is 6.20 Å². The van der Waals surface area contributed by atoms with Crippen molar-refractivity contribution < 1.29 is 5.11 Å². The summed E-state index contributed by atoms with van der Waals surface area (Å²) in [6.07, 6.45) is 3.88. The molecule has 0 fully saturated rings. The molecule has 0 bridgehead atoms. The largest absolute Gasteiger partial charge is 0.507 e. The molecular formula is C19H20N2O. The third-order valence-electron chi connectivity index (χ3n) is 3.92. The highest BCUT2D eigenvalue weighted by molar-refractivity contribution is 5.81. The number of aromatic nitrogens is 2. The van der Waals surface area contributed by atoms with Crippen molar-refractivity contribution in [2.75, 3.05) is 0 Å². The third kappa shape index (κ3) is 2.67. The lowest BCUT2D eigenvalue weighted by molar-refractivity contribution is 0.467. The second-order valence-electron chi connectivity index (χ2n) is 5.77. The van der Waals surface area contributed by atoms with Gasteiger partial charge in [-0.3, -0.25) is 4.98 Å². The van der Waals surface area contributed by atoms with Crippen LogP contribution in [0.1, 0.15) is 30.2 Å². The van der Waals surface area contributed by atoms with Crippen LogP contribution in [0.15, 0.2) is 36.5 Å². The van der Waals surface area contributed by atoms with Gasteiger partial charge < -0.3 is 5.11 Å². The summed E-state index contributed by atoms with van der Waals surface area (Å²) >= 11 is 0. The molecular weight excluding hydrogens is 272 g/mol. The summed E-state index contributed by atoms with van der Waals surface area (Å²) < 4.78 is 0. The summed E-state index contributed by atoms with van der Waals surface area (Å²) in [5.74, 6) is 0.370. The summed E-state index contributed by atoms with van der Waals surface area (Å²) in [7, 11) is 0. The Bertz CT molecular complexity index is 817. The van der Waals surface area contributed by atoms with Crippen molar-refractivity contribution in [1.82, 2.24) is 9.97 Å². The summed E-state index contributed by atoms with van der Waals surface area (Å²) in [4.78, 5) is 9.18. The van der Waals surface area contributed by atoms with E-state index in [0.717, 1.165) is 51.8 Å². The van der Waals surface area contributed by atoms with Gasteiger partial charge in [0.05, 0.1) is 16.7 Å². The Hall–Kier alpha value is -2.42. The molecule has 0 amide bonds. The smallest absolute Gasteiger partial charge is 0.121 e. The van der Waals surface area contributed by atoms with E-state index in [-0.39, 0.29) is 0 Å². The van der Waals surface area contributed by atoms with Crippen LogP contribution in [0.4, 0.5) is 0 Å². The predicted octanol–water partition coefficient (Wildman–Crippen LogP) is 4.57. The summed E-state index contributed by atoms with van der Waals surface area (Å²) in [5.41, 5.74) is 6.84. The summed E-state index contributed by atoms with van der Waals surface area (Å²) in [6.45, 7) is 5.99. The van der Waals surface area contributed by atoms with E-state index >= 15 is 0 Å². The van der Waals surface area contributed by atoms with Gasteiger partial charge in [-0.2, -0.15) is 0 Å². The molecule has 1 aromatic heterocycles. The van der Waals surface area contributed by atoms with Crippen LogP contribution in [-0.4, -0.2) is 15.1 Å². The fourth-order valence-corrected chi connectivity index (χ4v) is 2.73. The summed E-state index contributed by atoms with van der Waals surface area (Å²) in [5, 5.41) is 9.92. The van der Waals surface area contributed by atoms with Crippen LogP contribution in [0.5, 0.6) is 5.75 Å². The van der Waals surface area contributed by atoms with E-state index < -0.39 is 0 Å². The number of fused-ring (bicyclic) bond motifs is 1. The maximum absolute atomic E-state index is 9.92. The lowest BCUT2D eigenvalue weighted by Crippen LogP contribution is -1.93. The lowest BCUT2D eigenvalue weighted by Gasteiger charge is -2.09. The molecule has 0 spiro atoms. The second kappa shape index (κ2) is 5.76. The van der Waals surface area contributed by atoms with Crippen LogP contribution < -0.4 is 0 Å². The number of hydrogen-bond donors (Lipinski definition) is 1. The minimum absolute atomic E-state index is 0.370. The Morgan fingerprint density at radius 2 is 1.68 bits per heavy atom. The van der Waals surface area contributed by atoms with E-state index in [4.69, 9.17) is 4.98 Å². The van der Waals surface area contributed by atoms with Crippen molar-refractivity contribution in [3.63, 3.8) is 0 Å². The molecule has 0 unspecified atom stereocenters. The Balaban J connectivity index is 2.11. The first-order valence-corrected chi connectivity index (χ1v) is 7.64. The van der Waals surface area contributed by atoms with Crippen LogP contribution in [-0.2, 0) is 6.42 Å². The minimum atomic E-state index is 0.370. The highest BCUT2D eigenvalue weighted by Crippen LogP contribution is 2.30. The molecule has 0 saturated carbocycles. The van der Waals surface area contributed by atoms with Gasteiger partial charge in [0.1, 0.15) is 5.75 Å². The van der Waals surface area contributed by atoms with Gasteiger partial charge >= 0.3 is 0 Å². The maximum Gasteiger partial charge on any atom is 0.121 e. The average molecular weight is 292 g/mol. The van der Waals surface area contributed by atoms with E-state index in [0.29, 0.717) is 5.75 Å². The molecule has 0 aliphatic rings. The summed E-state index contributed by atoms with van der Waals surface area (Å²) in [6, 6.07) is 10.2. The number of aromatic hydroxyl groups is 1. The number of phenols is 1. The molecule has 0 atom stereocenters. The average Bonchev–Trinajstić information content (AvgIpc) is 2.51. The fraction of sp³-hybridized carbons (Fsp3) is 0.263. The Morgan fingerprint density at radius 1 is 0.955 bits per heavy atom. The zero-order valence-electron chi connectivity index (χ0n) is 13.2. The molecule has 0 aliphatic heterocycles. The van der Waals surface area contributed by atoms with Gasteiger partial charge in [-0.25, -0.2) is 4.98 Å². The minimum Gasteiger partial charge on any atom is -0.507 e. The van der Waals surface area contributed by atoms with Gasteiger partial charge in [0.15, 0.2) is 0 Å². The van der Waals surface area contributed by atoms with Crippen molar-refractivity contribution in [3.8, 4) is 16.9 Å². The van der Waals surface area contributed by atoms with Crippen molar-refractivity contribution >= 4 is 11.0 Å². The Kier molecular flexibility index (Phi) is 3.80. The van der Waals surface area contributed by atoms with E-state index in [2.05, 4.69) is 24.0 Å². The molecule has 112 valence electrons. The highest BCUT2D eigenvalue weighted by atomic mass is 16.3. The molecule has 1 N–H and O–H groups in total. The topological polar surface area (TPSA) is 46.0 Å². The van der Waals surface area contributed by atoms with Crippen molar-refractivity contribution in [2.24, 2.45) is 0 Å². The molecule has 3 rings (SSSR count). The van der Waals surface area contributed by atoms with E-state index in [1.54, 1.807) is 0 Å². The molecule has 1 heterocycles. The van der Waals surface area contributed by atoms with Gasteiger partial charge in [0.25, 0.3) is 0 Å². The first kappa shape index (κ1) is 14.5. The standard InChI is InChI=1S/C19H20N2O/c1-4-5-16-11-20-17-7-6-14(10-18(17)21-16)15-8-12(2)19(22)13(3)9-15/h6-11,22H,4-5H2,1-3H3. The first-order chi connectivity index (χ1) is 10.6. The van der Waals surface area contributed by atoms with Crippen molar-refractivity contribution in [3.05, 3.63) is 53.3 Å². The van der Waals surface area contributed by atoms with Gasteiger partial charge in [0.2, 0.25) is 0 Å². The number of aryl methyl sites for hydroxylation is 3. The van der Waals surface area contributed by atoms with Crippen LogP contribution in [0.3, 0.4) is 0 Å². The monoisotopic (exact) mass is 292 g/mol. The second-order valence-corrected chi connectivity index (χ2v) is 5.77. The van der Waals surface area contributed by atoms with Crippen LogP contribution in [0, 0.1) is 13.8 Å². The van der Waals surface area contributed by atoms with Crippen molar-refractivity contribution in [2.45, 2.75) is 33.6 Å². The normalized spacial score (nSPS) is 11.0. The molecule has 0 saturated heterocycles. The Morgan fingerprint density at radius 3 is 2.36 bits per heavy atom. The highest BCUT2D eigenvalue weighted by Gasteiger charge is 2.07. The maximum atomic E-state index is 9.92. The van der Waals surface area contributed by atoms with E-state index in [9.17, 15) is 5.11 Å². The van der Waals surface area contributed by atoms with Crippen molar-refractivity contribution in [1.29, 1.82) is 0 Å². The van der Waals surface area contributed by atoms with Gasteiger partial charge in [-0.05, 0) is 66.8 Å². The zero-order chi connectivity index (χ0) is 15.7. The molecule has 0 aliphatic carbocycles. The predicted molar refractivity (Wildman–Crippen MR) is 90.1 cm³/mol. The molecule has 3 nitrogen and oxygen atoms in total. The first-order valence-electron chi connectivity index (χ1n) is 7.64. The molecule has 2 aromatic carbocycles. The van der Waals surface area contributed by atoms with Gasteiger partial charge in [-0.1, -0.05) is 19.4 Å². The molecule has 3 heteroatoms. The zero-order valence-corrected chi connectivity index (χ0v) is 13.2. The molecule has 3 aromatic rings. The lowest BCUT2D eigenvalue weighted by atomic mass is 9.99. The van der Waals surface area contributed by atoms with Crippen LogP contribution in [0.2, 0.25) is 0 Å². The van der Waals surface area contributed by atoms with E-state index in [1.807, 2.05) is 38.2 Å². The van der Waals surface area contributed by atoms with Gasteiger partial charge in [-0.15, -0.1) is 0 Å². The quantitative estimate of drug-likeness (QED) is 0.769. The van der Waals surface area contributed by atoms with E-state index in [1.165, 1.54) is 0 Å². The Labute approximate surface area is 130 Å². The fourth-order valence-electron chi connectivity index (χ4n) is 2.73. The van der Waals surface area contributed by atoms with Crippen LogP contribution in [0.25, 0.3) is 22.2 Å². The molecule has 22 heavy (non-hydrogen) atoms. The number of rotatable bonds is 3. The number of benzene rings is 2. The SMILES string of the molecule is CCCc1cnc2ccc(-c3cc(C)c(O)c(C)c3)cc2n1. The third-order valence-corrected chi connectivity index (χ3v) is 3.92. The molecule has 0 radical (unpaired) electrons. The number of nitrogens with zero attached hydrogens (tertiary/aromatic N) is 2.